The topological polar surface area (TPSA) is 20.3 Å². The molecule has 2 nitrogen and oxygen atoms in total. The van der Waals surface area contributed by atoms with E-state index in [4.69, 9.17) is 0 Å². The average molecular weight is 343 g/mol. The number of hydrogen-bond acceptors (Lipinski definition) is 1. The third-order valence-corrected chi connectivity index (χ3v) is 4.10. The van der Waals surface area contributed by atoms with Gasteiger partial charge in [0, 0.05) is 12.7 Å². The summed E-state index contributed by atoms with van der Waals surface area (Å²) in [6.07, 6.45) is -4.50. The Morgan fingerprint density at radius 2 is 1.64 bits per heavy atom. The predicted molar refractivity (Wildman–Crippen MR) is 92.5 cm³/mol. The molecule has 0 saturated heterocycles. The molecule has 0 atom stereocenters. The summed E-state index contributed by atoms with van der Waals surface area (Å²) in [5.74, 6) is -0.269. The number of rotatable bonds is 3. The monoisotopic (exact) mass is 343 g/mol. The van der Waals surface area contributed by atoms with Gasteiger partial charge in [-0.05, 0) is 34.5 Å². The molecule has 128 valence electrons. The standard InChI is InChI=1S/C20H16F3NO/c1-24(18-10-9-15-6-2-3-7-16(15)13-18)19(25)12-14-5-4-8-17(11-14)20(21,22)23/h2-11,13H,12H2,1H3. The van der Waals surface area contributed by atoms with Crippen LogP contribution in [0.3, 0.4) is 0 Å². The van der Waals surface area contributed by atoms with Gasteiger partial charge in [0.05, 0.1) is 12.0 Å². The van der Waals surface area contributed by atoms with Gasteiger partial charge >= 0.3 is 6.18 Å². The van der Waals surface area contributed by atoms with E-state index in [1.54, 1.807) is 7.05 Å². The molecule has 0 aliphatic rings. The van der Waals surface area contributed by atoms with Crippen LogP contribution < -0.4 is 4.90 Å². The zero-order chi connectivity index (χ0) is 18.0. The van der Waals surface area contributed by atoms with Crippen LogP contribution in [0.25, 0.3) is 10.8 Å². The molecule has 0 aliphatic carbocycles. The molecule has 0 spiro atoms. The first-order valence-electron chi connectivity index (χ1n) is 7.76. The molecule has 0 N–H and O–H groups in total. The van der Waals surface area contributed by atoms with Gasteiger partial charge in [0.2, 0.25) is 5.91 Å². The molecule has 0 radical (unpaired) electrons. The summed E-state index contributed by atoms with van der Waals surface area (Å²) in [6.45, 7) is 0. The van der Waals surface area contributed by atoms with Crippen LogP contribution in [-0.2, 0) is 17.4 Å². The van der Waals surface area contributed by atoms with Gasteiger partial charge in [0.1, 0.15) is 0 Å². The number of likely N-dealkylation sites (N-methyl/N-ethyl adjacent to an activating group) is 1. The zero-order valence-electron chi connectivity index (χ0n) is 13.5. The van der Waals surface area contributed by atoms with Gasteiger partial charge in [-0.1, -0.05) is 48.5 Å². The lowest BCUT2D eigenvalue weighted by Gasteiger charge is -2.18. The molecule has 0 aliphatic heterocycles. The van der Waals surface area contributed by atoms with Gasteiger partial charge in [-0.25, -0.2) is 0 Å². The lowest BCUT2D eigenvalue weighted by atomic mass is 10.1. The van der Waals surface area contributed by atoms with Gasteiger partial charge in [0.25, 0.3) is 0 Å². The number of halogens is 3. The number of benzene rings is 3. The molecule has 1 amide bonds. The van der Waals surface area contributed by atoms with Gasteiger partial charge < -0.3 is 4.90 Å². The molecular formula is C20H16F3NO. The maximum atomic E-state index is 12.8. The van der Waals surface area contributed by atoms with E-state index in [1.807, 2.05) is 42.5 Å². The Balaban J connectivity index is 1.80. The quantitative estimate of drug-likeness (QED) is 0.651. The Labute approximate surface area is 143 Å². The number of carbonyl (C=O) groups excluding carboxylic acids is 1. The number of fused-ring (bicyclic) bond motifs is 1. The minimum atomic E-state index is -4.41. The van der Waals surface area contributed by atoms with Crippen molar-refractivity contribution in [1.29, 1.82) is 0 Å². The number of alkyl halides is 3. The van der Waals surface area contributed by atoms with Gasteiger partial charge in [0.15, 0.2) is 0 Å². The van der Waals surface area contributed by atoms with Gasteiger partial charge in [-0.15, -0.1) is 0 Å². The fourth-order valence-corrected chi connectivity index (χ4v) is 2.68. The molecule has 25 heavy (non-hydrogen) atoms. The van der Waals surface area contributed by atoms with Crippen LogP contribution in [0.2, 0.25) is 0 Å². The summed E-state index contributed by atoms with van der Waals surface area (Å²) in [6, 6.07) is 18.3. The third-order valence-electron chi connectivity index (χ3n) is 4.10. The molecule has 0 unspecified atom stereocenters. The summed E-state index contributed by atoms with van der Waals surface area (Å²) in [5, 5.41) is 2.06. The Hall–Kier alpha value is -2.82. The fraction of sp³-hybridized carbons (Fsp3) is 0.150. The Bertz CT molecular complexity index is 918. The van der Waals surface area contributed by atoms with Crippen LogP contribution in [0.1, 0.15) is 11.1 Å². The molecular weight excluding hydrogens is 327 g/mol. The molecule has 3 aromatic carbocycles. The van der Waals surface area contributed by atoms with Crippen LogP contribution in [0.15, 0.2) is 66.7 Å². The lowest BCUT2D eigenvalue weighted by molar-refractivity contribution is -0.137. The first-order valence-corrected chi connectivity index (χ1v) is 7.76. The third kappa shape index (κ3) is 3.82. The van der Waals surface area contributed by atoms with Crippen molar-refractivity contribution in [3.8, 4) is 0 Å². The van der Waals surface area contributed by atoms with Crippen molar-refractivity contribution < 1.29 is 18.0 Å². The Morgan fingerprint density at radius 1 is 0.920 bits per heavy atom. The van der Waals surface area contributed by atoms with Crippen molar-refractivity contribution in [1.82, 2.24) is 0 Å². The van der Waals surface area contributed by atoms with E-state index in [9.17, 15) is 18.0 Å². The summed E-state index contributed by atoms with van der Waals surface area (Å²) in [4.78, 5) is 13.9. The van der Waals surface area contributed by atoms with E-state index in [0.29, 0.717) is 11.3 Å². The first kappa shape index (κ1) is 17.0. The Kier molecular flexibility index (Phi) is 4.49. The van der Waals surface area contributed by atoms with Gasteiger partial charge in [-0.3, -0.25) is 4.79 Å². The van der Waals surface area contributed by atoms with Crippen LogP contribution in [0, 0.1) is 0 Å². The fourth-order valence-electron chi connectivity index (χ4n) is 2.68. The lowest BCUT2D eigenvalue weighted by Crippen LogP contribution is -2.27. The molecule has 5 heteroatoms. The Morgan fingerprint density at radius 3 is 2.36 bits per heavy atom. The average Bonchev–Trinajstić information content (AvgIpc) is 2.60. The number of hydrogen-bond donors (Lipinski definition) is 0. The molecule has 3 rings (SSSR count). The molecule has 0 bridgehead atoms. The van der Waals surface area contributed by atoms with E-state index >= 15 is 0 Å². The van der Waals surface area contributed by atoms with Gasteiger partial charge in [-0.2, -0.15) is 13.2 Å². The van der Waals surface area contributed by atoms with E-state index in [1.165, 1.54) is 17.0 Å². The van der Waals surface area contributed by atoms with Crippen molar-refractivity contribution in [3.63, 3.8) is 0 Å². The van der Waals surface area contributed by atoms with Crippen molar-refractivity contribution in [2.75, 3.05) is 11.9 Å². The van der Waals surface area contributed by atoms with Crippen LogP contribution in [0.5, 0.6) is 0 Å². The van der Waals surface area contributed by atoms with Crippen LogP contribution >= 0.6 is 0 Å². The highest BCUT2D eigenvalue weighted by Crippen LogP contribution is 2.30. The largest absolute Gasteiger partial charge is 0.416 e. The minimum absolute atomic E-state index is 0.0900. The second kappa shape index (κ2) is 6.59. The SMILES string of the molecule is CN(C(=O)Cc1cccc(C(F)(F)F)c1)c1ccc2ccccc2c1. The summed E-state index contributed by atoms with van der Waals surface area (Å²) < 4.78 is 38.3. The molecule has 0 heterocycles. The predicted octanol–water partition coefficient (Wildman–Crippen LogP) is 5.06. The van der Waals surface area contributed by atoms with E-state index in [2.05, 4.69) is 0 Å². The highest BCUT2D eigenvalue weighted by atomic mass is 19.4. The second-order valence-electron chi connectivity index (χ2n) is 5.86. The molecule has 0 fully saturated rings. The summed E-state index contributed by atoms with van der Waals surface area (Å²) >= 11 is 0. The maximum absolute atomic E-state index is 12.8. The number of nitrogens with zero attached hydrogens (tertiary/aromatic N) is 1. The number of carbonyl (C=O) groups is 1. The van der Waals surface area contributed by atoms with E-state index < -0.39 is 11.7 Å². The molecule has 0 aromatic heterocycles. The summed E-state index contributed by atoms with van der Waals surface area (Å²) in [7, 11) is 1.63. The van der Waals surface area contributed by atoms with Crippen molar-refractivity contribution in [2.24, 2.45) is 0 Å². The first-order chi connectivity index (χ1) is 11.8. The summed E-state index contributed by atoms with van der Waals surface area (Å²) in [5.41, 5.74) is 0.300. The molecule has 0 saturated carbocycles. The smallest absolute Gasteiger partial charge is 0.315 e. The highest BCUT2D eigenvalue weighted by Gasteiger charge is 2.30. The molecule has 3 aromatic rings. The van der Waals surface area contributed by atoms with Crippen LogP contribution in [-0.4, -0.2) is 13.0 Å². The normalized spacial score (nSPS) is 11.5. The van der Waals surface area contributed by atoms with Crippen molar-refractivity contribution in [3.05, 3.63) is 77.9 Å². The number of amides is 1. The zero-order valence-corrected chi connectivity index (χ0v) is 13.5. The van der Waals surface area contributed by atoms with Crippen molar-refractivity contribution >= 4 is 22.4 Å². The van der Waals surface area contributed by atoms with Crippen molar-refractivity contribution in [2.45, 2.75) is 12.6 Å². The number of anilines is 1. The second-order valence-corrected chi connectivity index (χ2v) is 5.86. The maximum Gasteiger partial charge on any atom is 0.416 e. The highest BCUT2D eigenvalue weighted by molar-refractivity contribution is 5.97. The van der Waals surface area contributed by atoms with Crippen LogP contribution in [0.4, 0.5) is 18.9 Å². The minimum Gasteiger partial charge on any atom is -0.315 e. The van der Waals surface area contributed by atoms with E-state index in [0.717, 1.165) is 22.9 Å². The van der Waals surface area contributed by atoms with E-state index in [-0.39, 0.29) is 12.3 Å².